The third-order valence-corrected chi connectivity index (χ3v) is 3.68. The summed E-state index contributed by atoms with van der Waals surface area (Å²) in [6.45, 7) is 0. The van der Waals surface area contributed by atoms with E-state index in [1.54, 1.807) is 14.2 Å². The summed E-state index contributed by atoms with van der Waals surface area (Å²) in [5, 5.41) is 3.18. The Morgan fingerprint density at radius 1 is 1.19 bits per heavy atom. The van der Waals surface area contributed by atoms with Crippen LogP contribution in [0.3, 0.4) is 0 Å². The van der Waals surface area contributed by atoms with Crippen molar-refractivity contribution in [1.29, 1.82) is 0 Å². The van der Waals surface area contributed by atoms with Crippen LogP contribution in [-0.4, -0.2) is 26.2 Å². The van der Waals surface area contributed by atoms with Crippen molar-refractivity contribution in [2.45, 2.75) is 38.1 Å². The first kappa shape index (κ1) is 15.4. The van der Waals surface area contributed by atoms with E-state index in [1.807, 2.05) is 18.2 Å². The Kier molecular flexibility index (Phi) is 5.68. The monoisotopic (exact) mass is 292 g/mol. The molecule has 1 fully saturated rings. The first-order valence-electron chi connectivity index (χ1n) is 7.30. The number of nitrogens with one attached hydrogen (secondary N) is 2. The van der Waals surface area contributed by atoms with E-state index < -0.39 is 0 Å². The number of guanidine groups is 1. The minimum absolute atomic E-state index is 0.335. The molecule has 21 heavy (non-hydrogen) atoms. The highest BCUT2D eigenvalue weighted by Gasteiger charge is 2.14. The van der Waals surface area contributed by atoms with E-state index >= 15 is 0 Å². The largest absolute Gasteiger partial charge is 0.497 e. The number of aliphatic imine (C=N–C) groups is 1. The van der Waals surface area contributed by atoms with E-state index in [0.717, 1.165) is 24.3 Å². The second-order valence-electron chi connectivity index (χ2n) is 5.11. The van der Waals surface area contributed by atoms with Crippen molar-refractivity contribution in [3.63, 3.8) is 0 Å². The van der Waals surface area contributed by atoms with Gasteiger partial charge in [0, 0.05) is 6.07 Å². The van der Waals surface area contributed by atoms with E-state index in [0.29, 0.717) is 17.8 Å². The molecule has 0 unspecified atom stereocenters. The number of ether oxygens (including phenoxy) is 2. The summed E-state index contributed by atoms with van der Waals surface area (Å²) in [7, 11) is 3.24. The van der Waals surface area contributed by atoms with Crippen LogP contribution in [0.4, 0.5) is 5.69 Å². The molecule has 1 aliphatic rings. The van der Waals surface area contributed by atoms with Crippen LogP contribution in [0, 0.1) is 0 Å². The Morgan fingerprint density at radius 3 is 2.57 bits per heavy atom. The summed E-state index contributed by atoms with van der Waals surface area (Å²) in [5.74, 6) is 7.56. The lowest BCUT2D eigenvalue weighted by molar-refractivity contribution is 0.395. The quantitative estimate of drug-likeness (QED) is 0.343. The summed E-state index contributed by atoms with van der Waals surface area (Å²) in [4.78, 5) is 4.65. The molecular weight excluding hydrogens is 268 g/mol. The Balaban J connectivity index is 2.12. The minimum Gasteiger partial charge on any atom is -0.497 e. The normalized spacial score (nSPS) is 16.4. The van der Waals surface area contributed by atoms with E-state index in [1.165, 1.54) is 19.3 Å². The smallest absolute Gasteiger partial charge is 0.210 e. The van der Waals surface area contributed by atoms with Gasteiger partial charge in [0.25, 0.3) is 0 Å². The fourth-order valence-corrected chi connectivity index (χ4v) is 2.53. The third kappa shape index (κ3) is 4.26. The zero-order valence-electron chi connectivity index (χ0n) is 12.7. The van der Waals surface area contributed by atoms with Crippen molar-refractivity contribution >= 4 is 11.6 Å². The molecule has 6 nitrogen and oxygen atoms in total. The van der Waals surface area contributed by atoms with Crippen LogP contribution in [0.15, 0.2) is 23.2 Å². The van der Waals surface area contributed by atoms with Crippen molar-refractivity contribution in [3.8, 4) is 11.5 Å². The van der Waals surface area contributed by atoms with E-state index in [9.17, 15) is 0 Å². The highest BCUT2D eigenvalue weighted by Crippen LogP contribution is 2.29. The molecule has 2 rings (SSSR count). The molecule has 1 saturated carbocycles. The van der Waals surface area contributed by atoms with Gasteiger partial charge in [0.05, 0.1) is 25.9 Å². The lowest BCUT2D eigenvalue weighted by Crippen LogP contribution is -2.37. The van der Waals surface area contributed by atoms with E-state index in [2.05, 4.69) is 15.7 Å². The third-order valence-electron chi connectivity index (χ3n) is 3.68. The molecule has 0 heterocycles. The maximum absolute atomic E-state index is 5.58. The molecule has 0 radical (unpaired) electrons. The van der Waals surface area contributed by atoms with Crippen molar-refractivity contribution in [2.24, 2.45) is 10.8 Å². The van der Waals surface area contributed by atoms with Crippen LogP contribution in [0.5, 0.6) is 11.5 Å². The molecule has 0 aliphatic heterocycles. The van der Waals surface area contributed by atoms with E-state index in [4.69, 9.17) is 15.3 Å². The minimum atomic E-state index is 0.335. The van der Waals surface area contributed by atoms with Crippen molar-refractivity contribution in [1.82, 2.24) is 5.43 Å². The lowest BCUT2D eigenvalue weighted by Gasteiger charge is -2.20. The molecule has 4 N–H and O–H groups in total. The van der Waals surface area contributed by atoms with Crippen LogP contribution >= 0.6 is 0 Å². The number of hydrazine groups is 1. The molecule has 0 bridgehead atoms. The molecule has 1 aromatic carbocycles. The van der Waals surface area contributed by atoms with Gasteiger partial charge in [-0.15, -0.1) is 0 Å². The van der Waals surface area contributed by atoms with Gasteiger partial charge < -0.3 is 14.8 Å². The van der Waals surface area contributed by atoms with Gasteiger partial charge in [-0.3, -0.25) is 5.43 Å². The van der Waals surface area contributed by atoms with Crippen LogP contribution < -0.4 is 26.1 Å². The molecule has 0 aromatic heterocycles. The number of nitrogens with two attached hydrogens (primary N) is 1. The van der Waals surface area contributed by atoms with Crippen LogP contribution in [0.1, 0.15) is 32.1 Å². The summed E-state index contributed by atoms with van der Waals surface area (Å²) in [6, 6.07) is 5.89. The van der Waals surface area contributed by atoms with Gasteiger partial charge in [0.2, 0.25) is 5.96 Å². The number of nitrogens with zero attached hydrogens (tertiary/aromatic N) is 1. The van der Waals surface area contributed by atoms with Gasteiger partial charge in [0.15, 0.2) is 0 Å². The maximum atomic E-state index is 5.58. The fourth-order valence-electron chi connectivity index (χ4n) is 2.53. The van der Waals surface area contributed by atoms with Crippen molar-refractivity contribution < 1.29 is 9.47 Å². The zero-order valence-corrected chi connectivity index (χ0v) is 12.7. The first-order chi connectivity index (χ1) is 10.3. The lowest BCUT2D eigenvalue weighted by atomic mass is 9.96. The molecule has 1 aromatic rings. The predicted molar refractivity (Wildman–Crippen MR) is 84.8 cm³/mol. The molecule has 116 valence electrons. The second kappa shape index (κ2) is 7.73. The van der Waals surface area contributed by atoms with Gasteiger partial charge in [-0.2, -0.15) is 0 Å². The molecule has 0 atom stereocenters. The molecular formula is C15H24N4O2. The van der Waals surface area contributed by atoms with Crippen LogP contribution in [-0.2, 0) is 0 Å². The summed E-state index contributed by atoms with van der Waals surface area (Å²) >= 11 is 0. The van der Waals surface area contributed by atoms with Crippen LogP contribution in [0.2, 0.25) is 0 Å². The number of hydrogen-bond acceptors (Lipinski definition) is 4. The highest BCUT2D eigenvalue weighted by molar-refractivity contribution is 5.94. The summed E-state index contributed by atoms with van der Waals surface area (Å²) < 4.78 is 10.5. The standard InChI is InChI=1S/C15H24N4O2/c1-20-12-8-9-13(14(10-12)21-2)18-15(19-16)17-11-6-4-3-5-7-11/h8-11H,3-7,16H2,1-2H3,(H2,17,18,19). The number of hydrogen-bond donors (Lipinski definition) is 3. The fraction of sp³-hybridized carbons (Fsp3) is 0.533. The van der Waals surface area contributed by atoms with Gasteiger partial charge in [-0.25, -0.2) is 10.8 Å². The van der Waals surface area contributed by atoms with Gasteiger partial charge in [-0.1, -0.05) is 19.3 Å². The van der Waals surface area contributed by atoms with Crippen molar-refractivity contribution in [3.05, 3.63) is 18.2 Å². The average Bonchev–Trinajstić information content (AvgIpc) is 2.55. The Hall–Kier alpha value is -1.95. The molecule has 0 saturated heterocycles. The summed E-state index contributed by atoms with van der Waals surface area (Å²) in [5.41, 5.74) is 3.43. The highest BCUT2D eigenvalue weighted by atomic mass is 16.5. The zero-order chi connectivity index (χ0) is 15.1. The number of rotatable bonds is 4. The number of benzene rings is 1. The predicted octanol–water partition coefficient (Wildman–Crippen LogP) is 2.27. The summed E-state index contributed by atoms with van der Waals surface area (Å²) in [6.07, 6.45) is 6.01. The number of methoxy groups -OCH3 is 2. The van der Waals surface area contributed by atoms with Gasteiger partial charge in [0.1, 0.15) is 11.5 Å². The number of anilines is 1. The Bertz CT molecular complexity index is 485. The van der Waals surface area contributed by atoms with Crippen molar-refractivity contribution in [2.75, 3.05) is 19.5 Å². The van der Waals surface area contributed by atoms with Gasteiger partial charge >= 0.3 is 0 Å². The van der Waals surface area contributed by atoms with E-state index in [-0.39, 0.29) is 0 Å². The second-order valence-corrected chi connectivity index (χ2v) is 5.11. The van der Waals surface area contributed by atoms with Gasteiger partial charge in [-0.05, 0) is 25.0 Å². The topological polar surface area (TPSA) is 80.9 Å². The van der Waals surface area contributed by atoms with Crippen LogP contribution in [0.25, 0.3) is 0 Å². The molecule has 6 heteroatoms. The Labute approximate surface area is 125 Å². The first-order valence-corrected chi connectivity index (χ1v) is 7.30. The molecule has 0 spiro atoms. The molecule has 0 amide bonds. The SMILES string of the molecule is COc1ccc(NC(=NC2CCCCC2)NN)c(OC)c1. The molecule has 1 aliphatic carbocycles. The maximum Gasteiger partial charge on any atom is 0.210 e. The Morgan fingerprint density at radius 2 is 1.95 bits per heavy atom. The average molecular weight is 292 g/mol.